The Kier molecular flexibility index (Phi) is 2.97. The minimum atomic E-state index is -0.557. The predicted molar refractivity (Wildman–Crippen MR) is 55.9 cm³/mol. The third kappa shape index (κ3) is 2.03. The Morgan fingerprint density at radius 2 is 2.23 bits per heavy atom. The van der Waals surface area contributed by atoms with Crippen molar-refractivity contribution in [1.82, 2.24) is 0 Å². The Hall–Kier alpha value is -0.980. The highest BCUT2D eigenvalue weighted by Crippen LogP contribution is 2.24. The maximum absolute atomic E-state index is 12.9. The van der Waals surface area contributed by atoms with Gasteiger partial charge in [-0.2, -0.15) is 0 Å². The summed E-state index contributed by atoms with van der Waals surface area (Å²) in [5.41, 5.74) is 0.0729. The maximum Gasteiger partial charge on any atom is 0.277 e. The van der Waals surface area contributed by atoms with Crippen LogP contribution in [-0.4, -0.2) is 4.92 Å². The number of nitrogens with zero attached hydrogens (tertiary/aromatic N) is 1. The van der Waals surface area contributed by atoms with Crippen LogP contribution in [-0.2, 0) is 0 Å². The van der Waals surface area contributed by atoms with E-state index in [2.05, 4.69) is 6.58 Å². The Balaban J connectivity index is 3.41. The van der Waals surface area contributed by atoms with Crippen LogP contribution < -0.4 is 0 Å². The van der Waals surface area contributed by atoms with Gasteiger partial charge in [-0.15, -0.1) is 0 Å². The second kappa shape index (κ2) is 3.82. The van der Waals surface area contributed by atoms with Gasteiger partial charge in [-0.05, 0) is 28.7 Å². The molecule has 0 N–H and O–H groups in total. The molecule has 1 aromatic rings. The van der Waals surface area contributed by atoms with E-state index in [-0.39, 0.29) is 14.8 Å². The molecular formula is C8H5FINO2. The second-order valence-electron chi connectivity index (χ2n) is 2.29. The lowest BCUT2D eigenvalue weighted by Gasteiger charge is -1.99. The Morgan fingerprint density at radius 3 is 2.69 bits per heavy atom. The van der Waals surface area contributed by atoms with E-state index in [1.807, 2.05) is 0 Å². The highest BCUT2D eigenvalue weighted by molar-refractivity contribution is 14.1. The molecule has 0 saturated heterocycles. The molecule has 0 atom stereocenters. The Labute approximate surface area is 87.6 Å². The topological polar surface area (TPSA) is 43.1 Å². The minimum Gasteiger partial charge on any atom is -0.258 e. The first kappa shape index (κ1) is 10.1. The molecule has 0 aliphatic rings. The Morgan fingerprint density at radius 1 is 1.62 bits per heavy atom. The van der Waals surface area contributed by atoms with Gasteiger partial charge in [0.1, 0.15) is 5.82 Å². The lowest BCUT2D eigenvalue weighted by molar-refractivity contribution is -0.385. The van der Waals surface area contributed by atoms with Crippen molar-refractivity contribution in [2.45, 2.75) is 0 Å². The van der Waals surface area contributed by atoms with Crippen molar-refractivity contribution in [1.29, 1.82) is 0 Å². The summed E-state index contributed by atoms with van der Waals surface area (Å²) >= 11 is 1.70. The molecule has 0 bridgehead atoms. The number of halogens is 2. The number of hydrogen-bond acceptors (Lipinski definition) is 2. The van der Waals surface area contributed by atoms with Gasteiger partial charge < -0.3 is 0 Å². The zero-order valence-electron chi connectivity index (χ0n) is 6.46. The van der Waals surface area contributed by atoms with E-state index < -0.39 is 10.7 Å². The predicted octanol–water partition coefficient (Wildman–Crippen LogP) is 2.98. The van der Waals surface area contributed by atoms with Gasteiger partial charge in [0.25, 0.3) is 5.69 Å². The summed E-state index contributed by atoms with van der Waals surface area (Å²) in [5, 5.41) is 10.5. The zero-order chi connectivity index (χ0) is 10.0. The van der Waals surface area contributed by atoms with Crippen LogP contribution in [0.15, 0.2) is 18.7 Å². The van der Waals surface area contributed by atoms with Crippen LogP contribution in [0, 0.1) is 19.5 Å². The van der Waals surface area contributed by atoms with E-state index in [0.717, 1.165) is 6.07 Å². The molecule has 1 aromatic carbocycles. The van der Waals surface area contributed by atoms with E-state index in [1.54, 1.807) is 22.6 Å². The average molecular weight is 293 g/mol. The van der Waals surface area contributed by atoms with Gasteiger partial charge in [-0.3, -0.25) is 10.1 Å². The van der Waals surface area contributed by atoms with Crippen molar-refractivity contribution in [2.75, 3.05) is 0 Å². The van der Waals surface area contributed by atoms with Crippen LogP contribution in [0.3, 0.4) is 0 Å². The molecule has 0 radical (unpaired) electrons. The maximum atomic E-state index is 12.9. The number of benzene rings is 1. The molecule has 0 aromatic heterocycles. The second-order valence-corrected chi connectivity index (χ2v) is 3.45. The number of hydrogen-bond donors (Lipinski definition) is 0. The normalized spacial score (nSPS) is 9.69. The van der Waals surface area contributed by atoms with Crippen molar-refractivity contribution in [2.24, 2.45) is 0 Å². The highest BCUT2D eigenvalue weighted by atomic mass is 127. The number of nitro groups is 1. The van der Waals surface area contributed by atoms with E-state index in [1.165, 1.54) is 12.1 Å². The van der Waals surface area contributed by atoms with Crippen LogP contribution in [0.2, 0.25) is 0 Å². The first-order valence-corrected chi connectivity index (χ1v) is 4.40. The molecule has 0 unspecified atom stereocenters. The lowest BCUT2D eigenvalue weighted by Crippen LogP contribution is -1.94. The molecule has 68 valence electrons. The zero-order valence-corrected chi connectivity index (χ0v) is 8.62. The van der Waals surface area contributed by atoms with Crippen molar-refractivity contribution in [3.63, 3.8) is 0 Å². The summed E-state index contributed by atoms with van der Waals surface area (Å²) in [5.74, 6) is -0.471. The third-order valence-corrected chi connectivity index (χ3v) is 2.31. The van der Waals surface area contributed by atoms with Gasteiger partial charge in [-0.1, -0.05) is 12.7 Å². The number of nitro benzene ring substituents is 1. The molecule has 5 heteroatoms. The monoisotopic (exact) mass is 293 g/mol. The summed E-state index contributed by atoms with van der Waals surface area (Å²) in [6.45, 7) is 3.37. The molecule has 0 fully saturated rings. The molecule has 0 aliphatic heterocycles. The van der Waals surface area contributed by atoms with Crippen LogP contribution in [0.25, 0.3) is 6.08 Å². The van der Waals surface area contributed by atoms with Crippen molar-refractivity contribution < 1.29 is 9.31 Å². The average Bonchev–Trinajstić information content (AvgIpc) is 2.08. The van der Waals surface area contributed by atoms with Gasteiger partial charge in [0.15, 0.2) is 0 Å². The van der Waals surface area contributed by atoms with Crippen molar-refractivity contribution >= 4 is 34.4 Å². The molecule has 3 nitrogen and oxygen atoms in total. The van der Waals surface area contributed by atoms with E-state index in [9.17, 15) is 14.5 Å². The van der Waals surface area contributed by atoms with E-state index in [4.69, 9.17) is 0 Å². The van der Waals surface area contributed by atoms with Crippen LogP contribution >= 0.6 is 22.6 Å². The molecule has 0 amide bonds. The van der Waals surface area contributed by atoms with Gasteiger partial charge >= 0.3 is 0 Å². The molecule has 0 heterocycles. The van der Waals surface area contributed by atoms with E-state index in [0.29, 0.717) is 0 Å². The molecule has 0 saturated carbocycles. The van der Waals surface area contributed by atoms with Crippen LogP contribution in [0.4, 0.5) is 10.1 Å². The molecule has 13 heavy (non-hydrogen) atoms. The fourth-order valence-corrected chi connectivity index (χ4v) is 1.32. The fourth-order valence-electron chi connectivity index (χ4n) is 0.873. The minimum absolute atomic E-state index is 0.124. The molecule has 0 spiro atoms. The highest BCUT2D eigenvalue weighted by Gasteiger charge is 2.14. The molecule has 0 aliphatic carbocycles. The van der Waals surface area contributed by atoms with Gasteiger partial charge in [0.2, 0.25) is 0 Å². The summed E-state index contributed by atoms with van der Waals surface area (Å²) in [6, 6.07) is 2.29. The summed E-state index contributed by atoms with van der Waals surface area (Å²) < 4.78 is 13.2. The van der Waals surface area contributed by atoms with Crippen LogP contribution in [0.5, 0.6) is 0 Å². The SMILES string of the molecule is C=Cc1cc(F)c(I)cc1[N+](=O)[O-]. The number of rotatable bonds is 2. The van der Waals surface area contributed by atoms with Gasteiger partial charge in [0.05, 0.1) is 14.1 Å². The smallest absolute Gasteiger partial charge is 0.258 e. The van der Waals surface area contributed by atoms with Crippen molar-refractivity contribution in [3.05, 3.63) is 43.8 Å². The standard InChI is InChI=1S/C8H5FINO2/c1-2-5-3-6(9)7(10)4-8(5)11(12)13/h2-4H,1H2. The largest absolute Gasteiger partial charge is 0.277 e. The third-order valence-electron chi connectivity index (χ3n) is 1.49. The Bertz CT molecular complexity index is 379. The van der Waals surface area contributed by atoms with E-state index >= 15 is 0 Å². The molecular weight excluding hydrogens is 288 g/mol. The first-order valence-electron chi connectivity index (χ1n) is 3.32. The van der Waals surface area contributed by atoms with Gasteiger partial charge in [0, 0.05) is 6.07 Å². The van der Waals surface area contributed by atoms with Crippen molar-refractivity contribution in [3.8, 4) is 0 Å². The fraction of sp³-hybridized carbons (Fsp3) is 0. The first-order chi connectivity index (χ1) is 6.06. The van der Waals surface area contributed by atoms with Gasteiger partial charge in [-0.25, -0.2) is 4.39 Å². The summed E-state index contributed by atoms with van der Waals surface area (Å²) in [6.07, 6.45) is 1.26. The lowest BCUT2D eigenvalue weighted by atomic mass is 10.2. The summed E-state index contributed by atoms with van der Waals surface area (Å²) in [7, 11) is 0. The quantitative estimate of drug-likeness (QED) is 0.478. The summed E-state index contributed by atoms with van der Waals surface area (Å²) in [4.78, 5) is 9.92. The van der Waals surface area contributed by atoms with Crippen LogP contribution in [0.1, 0.15) is 5.56 Å². The molecule has 1 rings (SSSR count).